The minimum Gasteiger partial charge on any atom is -0.496 e. The number of imidazole rings is 1. The molecule has 1 aliphatic heterocycles. The largest absolute Gasteiger partial charge is 0.496 e. The first-order valence-electron chi connectivity index (χ1n) is 10.0. The lowest BCUT2D eigenvalue weighted by Crippen LogP contribution is -2.30. The maximum Gasteiger partial charge on any atom is 0.304 e. The number of carboxylic acid groups (broad SMARTS) is 1. The molecule has 0 atom stereocenters. The summed E-state index contributed by atoms with van der Waals surface area (Å²) in [5.74, 6) is 0.432. The molecule has 0 bridgehead atoms. The number of methoxy groups -OCH3 is 2. The molecule has 0 radical (unpaired) electrons. The summed E-state index contributed by atoms with van der Waals surface area (Å²) >= 11 is 6.33. The lowest BCUT2D eigenvalue weighted by Gasteiger charge is -2.25. The van der Waals surface area contributed by atoms with Crippen LogP contribution in [0.1, 0.15) is 18.4 Å². The van der Waals surface area contributed by atoms with E-state index in [1.54, 1.807) is 26.4 Å². The first-order chi connectivity index (χ1) is 15.0. The molecule has 3 aromatic rings. The van der Waals surface area contributed by atoms with Crippen LogP contribution >= 0.6 is 11.6 Å². The molecule has 1 aliphatic rings. The number of fused-ring (bicyclic) bond motifs is 1. The van der Waals surface area contributed by atoms with Gasteiger partial charge in [-0.05, 0) is 35.8 Å². The van der Waals surface area contributed by atoms with Crippen molar-refractivity contribution in [1.29, 1.82) is 0 Å². The summed E-state index contributed by atoms with van der Waals surface area (Å²) in [5.41, 5.74) is 4.77. The van der Waals surface area contributed by atoms with Crippen LogP contribution in [0.3, 0.4) is 0 Å². The molecule has 1 N–H and O–H groups in total. The third-order valence-electron chi connectivity index (χ3n) is 5.52. The number of carboxylic acids is 1. The van der Waals surface area contributed by atoms with Crippen LogP contribution in [0.5, 0.6) is 11.5 Å². The molecular weight excluding hydrogens is 418 g/mol. The van der Waals surface area contributed by atoms with E-state index in [9.17, 15) is 4.79 Å². The van der Waals surface area contributed by atoms with Gasteiger partial charge in [-0.3, -0.25) is 9.69 Å². The predicted molar refractivity (Wildman–Crippen MR) is 120 cm³/mol. The second-order valence-corrected chi connectivity index (χ2v) is 7.82. The van der Waals surface area contributed by atoms with Gasteiger partial charge in [0.15, 0.2) is 0 Å². The van der Waals surface area contributed by atoms with Gasteiger partial charge < -0.3 is 19.0 Å². The zero-order valence-electron chi connectivity index (χ0n) is 17.5. The van der Waals surface area contributed by atoms with Crippen molar-refractivity contribution < 1.29 is 19.4 Å². The van der Waals surface area contributed by atoms with Crippen molar-refractivity contribution in [3.05, 3.63) is 53.3 Å². The first kappa shape index (κ1) is 21.2. The van der Waals surface area contributed by atoms with Gasteiger partial charge in [0.2, 0.25) is 0 Å². The Morgan fingerprint density at radius 1 is 1.23 bits per heavy atom. The summed E-state index contributed by atoms with van der Waals surface area (Å²) in [6.07, 6.45) is 7.17. The molecule has 0 aliphatic carbocycles. The summed E-state index contributed by atoms with van der Waals surface area (Å²) < 4.78 is 12.8. The van der Waals surface area contributed by atoms with Gasteiger partial charge >= 0.3 is 5.97 Å². The van der Waals surface area contributed by atoms with Gasteiger partial charge in [0.05, 0.1) is 31.4 Å². The Morgan fingerprint density at radius 2 is 2.03 bits per heavy atom. The minimum atomic E-state index is -0.759. The second-order valence-electron chi connectivity index (χ2n) is 7.42. The Hall–Kier alpha value is -3.03. The van der Waals surface area contributed by atoms with Gasteiger partial charge in [-0.15, -0.1) is 0 Å². The number of hydrogen-bond donors (Lipinski definition) is 1. The molecule has 162 valence electrons. The number of halogens is 1. The van der Waals surface area contributed by atoms with E-state index in [0.717, 1.165) is 42.0 Å². The third kappa shape index (κ3) is 4.52. The number of pyridine rings is 1. The van der Waals surface area contributed by atoms with Crippen molar-refractivity contribution in [3.8, 4) is 22.8 Å². The summed E-state index contributed by atoms with van der Waals surface area (Å²) in [5, 5.41) is 9.36. The monoisotopic (exact) mass is 441 g/mol. The molecule has 1 aromatic carbocycles. The Kier molecular flexibility index (Phi) is 6.15. The van der Waals surface area contributed by atoms with E-state index in [4.69, 9.17) is 31.2 Å². The Balaban J connectivity index is 1.60. The zero-order chi connectivity index (χ0) is 22.0. The number of hydrogen-bond acceptors (Lipinski definition) is 5. The average Bonchev–Trinajstić information content (AvgIpc) is 3.21. The van der Waals surface area contributed by atoms with E-state index in [-0.39, 0.29) is 6.42 Å². The molecule has 0 spiro atoms. The highest BCUT2D eigenvalue weighted by atomic mass is 35.5. The summed E-state index contributed by atoms with van der Waals surface area (Å²) in [6, 6.07) is 7.71. The van der Waals surface area contributed by atoms with E-state index in [1.165, 1.54) is 5.57 Å². The third-order valence-corrected chi connectivity index (χ3v) is 5.81. The highest BCUT2D eigenvalue weighted by Gasteiger charge is 2.17. The molecule has 2 aromatic heterocycles. The molecule has 0 saturated carbocycles. The Morgan fingerprint density at radius 3 is 2.71 bits per heavy atom. The van der Waals surface area contributed by atoms with Crippen molar-refractivity contribution in [2.75, 3.05) is 33.9 Å². The van der Waals surface area contributed by atoms with Crippen LogP contribution < -0.4 is 9.47 Å². The second kappa shape index (κ2) is 8.99. The maximum absolute atomic E-state index is 10.8. The minimum absolute atomic E-state index is 0.171. The fourth-order valence-electron chi connectivity index (χ4n) is 3.80. The SMILES string of the molecule is COc1cc(OC)c(-c2cn3ccc(C4=CCN(CCC(=O)O)CC4)cc3n2)cc1Cl. The molecule has 0 unspecified atom stereocenters. The maximum atomic E-state index is 10.8. The van der Waals surface area contributed by atoms with Crippen LogP contribution in [0.2, 0.25) is 5.02 Å². The number of benzene rings is 1. The highest BCUT2D eigenvalue weighted by molar-refractivity contribution is 6.32. The van der Waals surface area contributed by atoms with Gasteiger partial charge in [-0.25, -0.2) is 4.98 Å². The topological polar surface area (TPSA) is 76.3 Å². The smallest absolute Gasteiger partial charge is 0.304 e. The van der Waals surface area contributed by atoms with Gasteiger partial charge in [0.25, 0.3) is 0 Å². The van der Waals surface area contributed by atoms with Crippen molar-refractivity contribution in [2.45, 2.75) is 12.8 Å². The first-order valence-corrected chi connectivity index (χ1v) is 10.4. The Labute approximate surface area is 185 Å². The lowest BCUT2D eigenvalue weighted by atomic mass is 10.0. The quantitative estimate of drug-likeness (QED) is 0.591. The molecule has 0 saturated heterocycles. The summed E-state index contributed by atoms with van der Waals surface area (Å²) in [4.78, 5) is 17.7. The van der Waals surface area contributed by atoms with Crippen molar-refractivity contribution in [1.82, 2.24) is 14.3 Å². The van der Waals surface area contributed by atoms with Crippen molar-refractivity contribution in [3.63, 3.8) is 0 Å². The molecular formula is C23H24ClN3O4. The van der Waals surface area contributed by atoms with Crippen LogP contribution in [-0.4, -0.2) is 59.2 Å². The number of rotatable bonds is 7. The number of aromatic nitrogens is 2. The van der Waals surface area contributed by atoms with Crippen LogP contribution in [0.4, 0.5) is 0 Å². The van der Waals surface area contributed by atoms with E-state index >= 15 is 0 Å². The fourth-order valence-corrected chi connectivity index (χ4v) is 4.04. The number of carbonyl (C=O) groups is 1. The molecule has 31 heavy (non-hydrogen) atoms. The average molecular weight is 442 g/mol. The highest BCUT2D eigenvalue weighted by Crippen LogP contribution is 2.38. The molecule has 7 nitrogen and oxygen atoms in total. The van der Waals surface area contributed by atoms with Crippen LogP contribution in [0.25, 0.3) is 22.5 Å². The van der Waals surface area contributed by atoms with Crippen LogP contribution in [-0.2, 0) is 4.79 Å². The number of ether oxygens (including phenoxy) is 2. The van der Waals surface area contributed by atoms with Gasteiger partial charge in [-0.2, -0.15) is 0 Å². The fraction of sp³-hybridized carbons (Fsp3) is 0.304. The molecule has 0 fully saturated rings. The van der Waals surface area contributed by atoms with Gasteiger partial charge in [0.1, 0.15) is 17.1 Å². The van der Waals surface area contributed by atoms with Gasteiger partial charge in [0, 0.05) is 43.7 Å². The van der Waals surface area contributed by atoms with Gasteiger partial charge in [-0.1, -0.05) is 17.7 Å². The normalized spacial score (nSPS) is 14.5. The summed E-state index contributed by atoms with van der Waals surface area (Å²) in [6.45, 7) is 2.19. The molecule has 0 amide bonds. The van der Waals surface area contributed by atoms with E-state index < -0.39 is 5.97 Å². The van der Waals surface area contributed by atoms with Crippen molar-refractivity contribution >= 4 is 28.8 Å². The zero-order valence-corrected chi connectivity index (χ0v) is 18.2. The standard InChI is InChI=1S/C23H24ClN3O4/c1-30-20-13-21(31-2)18(24)12-17(20)19-14-27-10-5-16(11-22(27)25-19)15-3-7-26(8-4-15)9-6-23(28)29/h3,5,10-14H,4,6-9H2,1-2H3,(H,28,29). The van der Waals surface area contributed by atoms with Crippen molar-refractivity contribution in [2.24, 2.45) is 0 Å². The summed E-state index contributed by atoms with van der Waals surface area (Å²) in [7, 11) is 3.17. The van der Waals surface area contributed by atoms with Crippen LogP contribution in [0.15, 0.2) is 42.7 Å². The van der Waals surface area contributed by atoms with E-state index in [1.807, 2.05) is 16.8 Å². The Bertz CT molecular complexity index is 1160. The number of aliphatic carboxylic acids is 1. The van der Waals surface area contributed by atoms with Crippen LogP contribution in [0, 0.1) is 0 Å². The molecule has 8 heteroatoms. The predicted octanol–water partition coefficient (Wildman–Crippen LogP) is 4.24. The van der Waals surface area contributed by atoms with E-state index in [2.05, 4.69) is 23.1 Å². The molecule has 3 heterocycles. The molecule has 4 rings (SSSR count). The number of nitrogens with zero attached hydrogens (tertiary/aromatic N) is 3. The lowest BCUT2D eigenvalue weighted by molar-refractivity contribution is -0.137. The van der Waals surface area contributed by atoms with E-state index in [0.29, 0.717) is 23.1 Å².